The first-order valence-corrected chi connectivity index (χ1v) is 13.6. The predicted octanol–water partition coefficient (Wildman–Crippen LogP) is 5.04. The molecule has 2 aromatic rings. The monoisotopic (exact) mass is 503 g/mol. The van der Waals surface area contributed by atoms with E-state index in [0.717, 1.165) is 24.9 Å². The number of piperidine rings is 1. The third-order valence-electron chi connectivity index (χ3n) is 8.84. The lowest BCUT2D eigenvalue weighted by Crippen LogP contribution is -2.59. The lowest BCUT2D eigenvalue weighted by atomic mass is 9.52. The van der Waals surface area contributed by atoms with Gasteiger partial charge in [-0.15, -0.1) is 0 Å². The number of likely N-dealkylation sites (tertiary alicyclic amines) is 1. The summed E-state index contributed by atoms with van der Waals surface area (Å²) in [7, 11) is 2.27. The van der Waals surface area contributed by atoms with Crippen molar-refractivity contribution in [3.05, 3.63) is 59.2 Å². The molecule has 1 unspecified atom stereocenters. The van der Waals surface area contributed by atoms with Crippen LogP contribution in [0.4, 0.5) is 0 Å². The number of carbonyl (C=O) groups excluding carboxylic acids is 3. The Kier molecular flexibility index (Phi) is 7.21. The Morgan fingerprint density at radius 2 is 1.76 bits per heavy atom. The van der Waals surface area contributed by atoms with E-state index in [1.807, 2.05) is 18.2 Å². The van der Waals surface area contributed by atoms with Gasteiger partial charge in [0.1, 0.15) is 17.3 Å². The van der Waals surface area contributed by atoms with Crippen LogP contribution in [0.3, 0.4) is 0 Å². The first-order valence-electron chi connectivity index (χ1n) is 13.6. The van der Waals surface area contributed by atoms with Crippen molar-refractivity contribution in [2.75, 3.05) is 13.6 Å². The van der Waals surface area contributed by atoms with Crippen molar-refractivity contribution >= 4 is 17.7 Å². The molecule has 0 amide bonds. The van der Waals surface area contributed by atoms with Gasteiger partial charge in [0.05, 0.1) is 5.92 Å². The summed E-state index contributed by atoms with van der Waals surface area (Å²) in [4.78, 5) is 39.1. The zero-order chi connectivity index (χ0) is 26.2. The smallest absolute Gasteiger partial charge is 0.315 e. The molecule has 4 atom stereocenters. The molecule has 1 saturated carbocycles. The van der Waals surface area contributed by atoms with Crippen LogP contribution >= 0.6 is 0 Å². The number of nitrogens with zero attached hydrogens (tertiary/aromatic N) is 1. The quantitative estimate of drug-likeness (QED) is 0.389. The average Bonchev–Trinajstić information content (AvgIpc) is 2.86. The van der Waals surface area contributed by atoms with Crippen LogP contribution in [-0.4, -0.2) is 42.3 Å². The minimum Gasteiger partial charge on any atom is -0.427 e. The van der Waals surface area contributed by atoms with Gasteiger partial charge in [-0.1, -0.05) is 31.0 Å². The lowest BCUT2D eigenvalue weighted by molar-refractivity contribution is -0.141. The van der Waals surface area contributed by atoms with Gasteiger partial charge in [0.2, 0.25) is 0 Å². The average molecular weight is 504 g/mol. The van der Waals surface area contributed by atoms with Crippen LogP contribution in [0.1, 0.15) is 69.1 Å². The van der Waals surface area contributed by atoms with E-state index in [2.05, 4.69) is 24.1 Å². The molecule has 0 N–H and O–H groups in total. The zero-order valence-corrected chi connectivity index (χ0v) is 22.1. The molecule has 5 rings (SSSR count). The van der Waals surface area contributed by atoms with Crippen LogP contribution < -0.4 is 9.47 Å². The second kappa shape index (κ2) is 10.4. The van der Waals surface area contributed by atoms with Gasteiger partial charge in [-0.2, -0.15) is 0 Å². The summed E-state index contributed by atoms with van der Waals surface area (Å²) in [5.41, 5.74) is 3.85. The van der Waals surface area contributed by atoms with Crippen molar-refractivity contribution in [2.45, 2.75) is 76.7 Å². The topological polar surface area (TPSA) is 72.9 Å². The van der Waals surface area contributed by atoms with Crippen LogP contribution in [0.2, 0.25) is 0 Å². The third kappa shape index (κ3) is 5.22. The van der Waals surface area contributed by atoms with Crippen LogP contribution in [0.5, 0.6) is 11.5 Å². The van der Waals surface area contributed by atoms with Gasteiger partial charge in [0.15, 0.2) is 0 Å². The molecule has 0 aromatic heterocycles. The van der Waals surface area contributed by atoms with E-state index in [1.165, 1.54) is 50.7 Å². The molecule has 1 heterocycles. The minimum absolute atomic E-state index is 0.0507. The molecule has 1 aliphatic heterocycles. The van der Waals surface area contributed by atoms with E-state index in [1.54, 1.807) is 12.1 Å². The first kappa shape index (κ1) is 25.7. The maximum Gasteiger partial charge on any atom is 0.315 e. The molecule has 2 aliphatic carbocycles. The maximum absolute atomic E-state index is 13.3. The molecule has 0 spiro atoms. The van der Waals surface area contributed by atoms with Gasteiger partial charge in [-0.05, 0) is 99.5 Å². The fourth-order valence-electron chi connectivity index (χ4n) is 7.17. The summed E-state index contributed by atoms with van der Waals surface area (Å²) in [6.07, 6.45) is 7.76. The summed E-state index contributed by atoms with van der Waals surface area (Å²) < 4.78 is 11.1. The molecule has 6 nitrogen and oxygen atoms in total. The maximum atomic E-state index is 13.3. The van der Waals surface area contributed by atoms with E-state index >= 15 is 0 Å². The van der Waals surface area contributed by atoms with Gasteiger partial charge in [0.25, 0.3) is 0 Å². The fraction of sp³-hybridized carbons (Fsp3) is 0.516. The summed E-state index contributed by atoms with van der Waals surface area (Å²) in [6, 6.07) is 13.8. The van der Waals surface area contributed by atoms with Crippen molar-refractivity contribution in [3.63, 3.8) is 0 Å². The van der Waals surface area contributed by atoms with Crippen LogP contribution in [0.15, 0.2) is 42.5 Å². The van der Waals surface area contributed by atoms with E-state index in [4.69, 9.17) is 9.47 Å². The molecule has 0 radical (unpaired) electrons. The number of ether oxygens (including phenoxy) is 2. The van der Waals surface area contributed by atoms with E-state index in [0.29, 0.717) is 29.9 Å². The second-order valence-corrected chi connectivity index (χ2v) is 11.3. The van der Waals surface area contributed by atoms with Gasteiger partial charge in [0, 0.05) is 24.8 Å². The number of rotatable bonds is 7. The van der Waals surface area contributed by atoms with Gasteiger partial charge in [-0.3, -0.25) is 9.59 Å². The molecule has 1 saturated heterocycles. The number of hydrogen-bond acceptors (Lipinski definition) is 6. The van der Waals surface area contributed by atoms with Crippen molar-refractivity contribution in [1.29, 1.82) is 0 Å². The number of esters is 2. The number of carbonyl (C=O) groups is 3. The van der Waals surface area contributed by atoms with E-state index < -0.39 is 5.92 Å². The Bertz CT molecular complexity index is 1190. The van der Waals surface area contributed by atoms with E-state index in [9.17, 15) is 14.4 Å². The van der Waals surface area contributed by atoms with E-state index in [-0.39, 0.29) is 29.6 Å². The Labute approximate surface area is 219 Å². The number of ketones is 1. The third-order valence-corrected chi connectivity index (χ3v) is 8.84. The SMILES string of the molecule is CC(=O)CC(Cc1ccc(OC(C)=O)cc1)C(=O)Oc1ccc2c(c1)[C@@]13CCCC[C@H]1[C@@H](C2)N(C)CC3. The van der Waals surface area contributed by atoms with Crippen LogP contribution in [-0.2, 0) is 32.6 Å². The molecule has 2 fully saturated rings. The molecule has 37 heavy (non-hydrogen) atoms. The fourth-order valence-corrected chi connectivity index (χ4v) is 7.17. The number of fused-ring (bicyclic) bond motifs is 1. The molecule has 3 aliphatic rings. The number of likely N-dealkylation sites (N-methyl/N-ethyl adjacent to an activating group) is 1. The number of Topliss-reactive ketones (excluding diaryl/α,β-unsaturated/α-hetero) is 1. The Morgan fingerprint density at radius 1 is 1.00 bits per heavy atom. The summed E-state index contributed by atoms with van der Waals surface area (Å²) in [6.45, 7) is 3.97. The Balaban J connectivity index is 1.36. The highest BCUT2D eigenvalue weighted by Crippen LogP contribution is 2.56. The second-order valence-electron chi connectivity index (χ2n) is 11.3. The summed E-state index contributed by atoms with van der Waals surface area (Å²) >= 11 is 0. The zero-order valence-electron chi connectivity index (χ0n) is 22.1. The normalized spacial score (nSPS) is 25.4. The molecule has 2 aromatic carbocycles. The van der Waals surface area contributed by atoms with Crippen molar-refractivity contribution in [1.82, 2.24) is 4.90 Å². The highest BCUT2D eigenvalue weighted by molar-refractivity contribution is 5.84. The van der Waals surface area contributed by atoms with Crippen molar-refractivity contribution in [2.24, 2.45) is 11.8 Å². The van der Waals surface area contributed by atoms with Crippen molar-refractivity contribution in [3.8, 4) is 11.5 Å². The van der Waals surface area contributed by atoms with Crippen molar-refractivity contribution < 1.29 is 23.9 Å². The molecule has 6 heteroatoms. The predicted molar refractivity (Wildman–Crippen MR) is 141 cm³/mol. The van der Waals surface area contributed by atoms with Crippen LogP contribution in [0, 0.1) is 11.8 Å². The van der Waals surface area contributed by atoms with Gasteiger partial charge in [-0.25, -0.2) is 0 Å². The first-order chi connectivity index (χ1) is 17.7. The van der Waals surface area contributed by atoms with Gasteiger partial charge < -0.3 is 19.2 Å². The molecular formula is C31H37NO5. The molecule has 2 bridgehead atoms. The number of benzene rings is 2. The summed E-state index contributed by atoms with van der Waals surface area (Å²) in [5, 5.41) is 0. The number of hydrogen-bond donors (Lipinski definition) is 0. The molecular weight excluding hydrogens is 466 g/mol. The Hall–Kier alpha value is -2.99. The highest BCUT2D eigenvalue weighted by Gasteiger charge is 2.53. The van der Waals surface area contributed by atoms with Gasteiger partial charge >= 0.3 is 11.9 Å². The standard InChI is InChI=1S/C31H37NO5/c1-20(33)16-24(17-22-7-10-25(11-8-22)36-21(2)34)30(35)37-26-12-9-23-18-29-27-6-4-5-13-31(27,28(23)19-26)14-15-32(29)3/h7-12,19,24,27,29H,4-6,13-18H2,1-3H3/t24?,27-,29+,31+/m0/s1. The molecule has 196 valence electrons. The highest BCUT2D eigenvalue weighted by atomic mass is 16.5. The Morgan fingerprint density at radius 3 is 2.49 bits per heavy atom. The minimum atomic E-state index is -0.582. The lowest BCUT2D eigenvalue weighted by Gasteiger charge is -2.58. The largest absolute Gasteiger partial charge is 0.427 e. The summed E-state index contributed by atoms with van der Waals surface area (Å²) in [5.74, 6) is 0.302. The van der Waals surface area contributed by atoms with Crippen LogP contribution in [0.25, 0.3) is 0 Å².